The Morgan fingerprint density at radius 1 is 1.35 bits per heavy atom. The van der Waals surface area contributed by atoms with Crippen LogP contribution in [-0.2, 0) is 19.3 Å². The zero-order chi connectivity index (χ0) is 14.7. The smallest absolute Gasteiger partial charge is 0.284 e. The Bertz CT molecular complexity index is 580. The third kappa shape index (κ3) is 3.53. The van der Waals surface area contributed by atoms with Gasteiger partial charge in [0.15, 0.2) is 0 Å². The van der Waals surface area contributed by atoms with Crippen LogP contribution in [0.5, 0.6) is 0 Å². The number of anilines is 1. The summed E-state index contributed by atoms with van der Waals surface area (Å²) in [5.74, 6) is -0.908. The fourth-order valence-electron chi connectivity index (χ4n) is 1.94. The van der Waals surface area contributed by atoms with Crippen LogP contribution in [0, 0.1) is 13.8 Å². The van der Waals surface area contributed by atoms with Gasteiger partial charge in [0.1, 0.15) is 11.5 Å². The van der Waals surface area contributed by atoms with E-state index in [-0.39, 0.29) is 5.75 Å². The molecule has 2 heterocycles. The average Bonchev–Trinajstić information content (AvgIpc) is 2.92. The molecule has 0 saturated heterocycles. The van der Waals surface area contributed by atoms with Crippen LogP contribution < -0.4 is 5.32 Å². The molecule has 0 aliphatic rings. The molecule has 7 heteroatoms. The molecule has 0 aliphatic carbocycles. The second kappa shape index (κ2) is 6.30. The topological polar surface area (TPSA) is 43.0 Å². The third-order valence-corrected chi connectivity index (χ3v) is 3.72. The second-order valence-corrected chi connectivity index (χ2v) is 5.44. The van der Waals surface area contributed by atoms with Crippen molar-refractivity contribution in [2.24, 2.45) is 7.05 Å². The highest BCUT2D eigenvalue weighted by molar-refractivity contribution is 7.98. The first-order valence-electron chi connectivity index (χ1n) is 6.18. The van der Waals surface area contributed by atoms with Crippen LogP contribution >= 0.6 is 11.8 Å². The number of aromatic nitrogens is 2. The summed E-state index contributed by atoms with van der Waals surface area (Å²) in [6.07, 6.45) is 0. The van der Waals surface area contributed by atoms with Crippen molar-refractivity contribution in [3.8, 4) is 0 Å². The monoisotopic (exact) mass is 301 g/mol. The first-order chi connectivity index (χ1) is 9.47. The number of hydrogen-bond acceptors (Lipinski definition) is 4. The molecule has 0 aliphatic heterocycles. The molecule has 0 atom stereocenters. The van der Waals surface area contributed by atoms with Gasteiger partial charge in [-0.25, -0.2) is 0 Å². The summed E-state index contributed by atoms with van der Waals surface area (Å²) in [5, 5.41) is 7.58. The third-order valence-electron chi connectivity index (χ3n) is 3.02. The highest BCUT2D eigenvalue weighted by Crippen LogP contribution is 2.23. The van der Waals surface area contributed by atoms with Crippen molar-refractivity contribution < 1.29 is 13.2 Å². The number of alkyl halides is 2. The lowest BCUT2D eigenvalue weighted by molar-refractivity contribution is 0.251. The Balaban J connectivity index is 1.94. The molecule has 2 aromatic heterocycles. The van der Waals surface area contributed by atoms with Crippen LogP contribution in [0.3, 0.4) is 0 Å². The summed E-state index contributed by atoms with van der Waals surface area (Å²) in [7, 11) is 1.89. The number of nitrogens with zero attached hydrogens (tertiary/aromatic N) is 2. The van der Waals surface area contributed by atoms with Gasteiger partial charge in [-0.2, -0.15) is 13.9 Å². The van der Waals surface area contributed by atoms with Gasteiger partial charge >= 0.3 is 0 Å². The van der Waals surface area contributed by atoms with Gasteiger partial charge in [-0.15, -0.1) is 0 Å². The van der Waals surface area contributed by atoms with Crippen molar-refractivity contribution in [1.29, 1.82) is 0 Å². The van der Waals surface area contributed by atoms with E-state index in [0.29, 0.717) is 24.1 Å². The van der Waals surface area contributed by atoms with Crippen molar-refractivity contribution in [2.45, 2.75) is 31.9 Å². The van der Waals surface area contributed by atoms with Crippen LogP contribution in [-0.4, -0.2) is 15.5 Å². The van der Waals surface area contributed by atoms with Gasteiger partial charge in [0, 0.05) is 7.05 Å². The van der Waals surface area contributed by atoms with Gasteiger partial charge in [0.05, 0.1) is 29.4 Å². The van der Waals surface area contributed by atoms with Crippen LogP contribution in [0.2, 0.25) is 0 Å². The molecular formula is C13H17F2N3OS. The predicted octanol–water partition coefficient (Wildman–Crippen LogP) is 3.70. The van der Waals surface area contributed by atoms with Crippen LogP contribution in [0.25, 0.3) is 0 Å². The molecule has 0 spiro atoms. The van der Waals surface area contributed by atoms with Crippen molar-refractivity contribution in [2.75, 3.05) is 5.32 Å². The summed E-state index contributed by atoms with van der Waals surface area (Å²) in [6, 6.07) is 3.53. The fraction of sp³-hybridized carbons (Fsp3) is 0.462. The van der Waals surface area contributed by atoms with E-state index >= 15 is 0 Å². The van der Waals surface area contributed by atoms with Gasteiger partial charge < -0.3 is 9.73 Å². The van der Waals surface area contributed by atoms with Crippen LogP contribution in [0.15, 0.2) is 16.5 Å². The van der Waals surface area contributed by atoms with Crippen molar-refractivity contribution >= 4 is 17.4 Å². The Morgan fingerprint density at radius 3 is 2.65 bits per heavy atom. The Hall–Kier alpha value is -1.50. The van der Waals surface area contributed by atoms with E-state index in [1.54, 1.807) is 12.1 Å². The largest absolute Gasteiger partial charge is 0.463 e. The maximum Gasteiger partial charge on any atom is 0.284 e. The minimum atomic E-state index is -2.37. The molecule has 2 rings (SSSR count). The summed E-state index contributed by atoms with van der Waals surface area (Å²) < 4.78 is 31.5. The lowest BCUT2D eigenvalue weighted by atomic mass is 10.3. The standard InChI is InChI=1S/C13H17F2N3OS/c1-8-12(9(2)18(3)17-8)16-6-10-4-5-11(19-10)7-20-13(14)15/h4-5,13,16H,6-7H2,1-3H3. The Kier molecular flexibility index (Phi) is 4.69. The summed E-state index contributed by atoms with van der Waals surface area (Å²) in [5.41, 5.74) is 2.94. The van der Waals surface area contributed by atoms with Gasteiger partial charge in [-0.05, 0) is 26.0 Å². The minimum absolute atomic E-state index is 0.183. The van der Waals surface area contributed by atoms with E-state index in [1.807, 2.05) is 25.6 Å². The lowest BCUT2D eigenvalue weighted by Gasteiger charge is -2.04. The number of thioether (sulfide) groups is 1. The van der Waals surface area contributed by atoms with E-state index in [2.05, 4.69) is 10.4 Å². The maximum absolute atomic E-state index is 12.1. The molecule has 110 valence electrons. The molecule has 4 nitrogen and oxygen atoms in total. The highest BCUT2D eigenvalue weighted by atomic mass is 32.2. The average molecular weight is 301 g/mol. The number of halogens is 2. The number of aryl methyl sites for hydroxylation is 2. The summed E-state index contributed by atoms with van der Waals surface area (Å²) in [4.78, 5) is 0. The normalized spacial score (nSPS) is 11.3. The van der Waals surface area contributed by atoms with Gasteiger partial charge in [-0.1, -0.05) is 11.8 Å². The molecule has 0 saturated carbocycles. The number of nitrogens with one attached hydrogen (secondary N) is 1. The SMILES string of the molecule is Cc1nn(C)c(C)c1NCc1ccc(CSC(F)F)o1. The number of rotatable bonds is 6. The first-order valence-corrected chi connectivity index (χ1v) is 7.23. The number of furan rings is 1. The predicted molar refractivity (Wildman–Crippen MR) is 76.0 cm³/mol. The van der Waals surface area contributed by atoms with E-state index < -0.39 is 5.76 Å². The van der Waals surface area contributed by atoms with Crippen LogP contribution in [0.4, 0.5) is 14.5 Å². The molecular weight excluding hydrogens is 284 g/mol. The van der Waals surface area contributed by atoms with Crippen molar-refractivity contribution in [3.05, 3.63) is 35.0 Å². The van der Waals surface area contributed by atoms with E-state index in [9.17, 15) is 8.78 Å². The van der Waals surface area contributed by atoms with Crippen LogP contribution in [0.1, 0.15) is 22.9 Å². The lowest BCUT2D eigenvalue weighted by Crippen LogP contribution is -2.00. The molecule has 0 fully saturated rings. The quantitative estimate of drug-likeness (QED) is 0.883. The number of hydrogen-bond donors (Lipinski definition) is 1. The highest BCUT2D eigenvalue weighted by Gasteiger charge is 2.10. The zero-order valence-corrected chi connectivity index (χ0v) is 12.4. The maximum atomic E-state index is 12.1. The Morgan fingerprint density at radius 2 is 2.05 bits per heavy atom. The minimum Gasteiger partial charge on any atom is -0.463 e. The van der Waals surface area contributed by atoms with Crippen molar-refractivity contribution in [3.63, 3.8) is 0 Å². The fourth-order valence-corrected chi connectivity index (χ4v) is 2.39. The molecule has 2 aromatic rings. The molecule has 20 heavy (non-hydrogen) atoms. The Labute approximate surface area is 120 Å². The van der Waals surface area contributed by atoms with Gasteiger partial charge in [0.25, 0.3) is 5.76 Å². The molecule has 0 radical (unpaired) electrons. The first kappa shape index (κ1) is 14.9. The molecule has 0 aromatic carbocycles. The second-order valence-electron chi connectivity index (χ2n) is 4.46. The zero-order valence-electron chi connectivity index (χ0n) is 11.6. The van der Waals surface area contributed by atoms with E-state index in [1.165, 1.54) is 0 Å². The summed E-state index contributed by atoms with van der Waals surface area (Å²) in [6.45, 7) is 4.42. The molecule has 0 amide bonds. The molecule has 0 bridgehead atoms. The van der Waals surface area contributed by atoms with Gasteiger partial charge in [0.2, 0.25) is 0 Å². The van der Waals surface area contributed by atoms with Gasteiger partial charge in [-0.3, -0.25) is 4.68 Å². The molecule has 1 N–H and O–H groups in total. The van der Waals surface area contributed by atoms with Crippen molar-refractivity contribution in [1.82, 2.24) is 9.78 Å². The summed E-state index contributed by atoms with van der Waals surface area (Å²) >= 11 is 0.560. The molecule has 0 unspecified atom stereocenters. The van der Waals surface area contributed by atoms with E-state index in [4.69, 9.17) is 4.42 Å². The van der Waals surface area contributed by atoms with E-state index in [0.717, 1.165) is 22.8 Å².